The first-order valence-corrected chi connectivity index (χ1v) is 9.26. The fourth-order valence-electron chi connectivity index (χ4n) is 2.82. The number of hydrogen-bond acceptors (Lipinski definition) is 2. The van der Waals surface area contributed by atoms with Gasteiger partial charge in [0.15, 0.2) is 0 Å². The summed E-state index contributed by atoms with van der Waals surface area (Å²) in [4.78, 5) is 14.5. The lowest BCUT2D eigenvalue weighted by Gasteiger charge is -2.08. The summed E-state index contributed by atoms with van der Waals surface area (Å²) in [6.07, 6.45) is 19.2. The monoisotopic (exact) mass is 307 g/mol. The van der Waals surface area contributed by atoms with Gasteiger partial charge in [0.1, 0.15) is 5.76 Å². The fraction of sp³-hybridized carbons (Fsp3) is 0.789. The topological polar surface area (TPSA) is 49.7 Å². The van der Waals surface area contributed by atoms with Gasteiger partial charge in [-0.2, -0.15) is 0 Å². The van der Waals surface area contributed by atoms with Crippen molar-refractivity contribution >= 4 is 12.1 Å². The molecule has 126 valence electrons. The van der Waals surface area contributed by atoms with Crippen LogP contribution in [0, 0.1) is 0 Å². The third-order valence-corrected chi connectivity index (χ3v) is 4.37. The fourth-order valence-corrected chi connectivity index (χ4v) is 2.82. The summed E-state index contributed by atoms with van der Waals surface area (Å²) in [6.45, 7) is 2.26. The molecule has 0 saturated heterocycles. The van der Waals surface area contributed by atoms with Gasteiger partial charge in [-0.1, -0.05) is 84.0 Å². The van der Waals surface area contributed by atoms with E-state index in [1.807, 2.05) is 0 Å². The van der Waals surface area contributed by atoms with Crippen molar-refractivity contribution < 1.29 is 9.90 Å². The first-order chi connectivity index (χ1) is 10.8. The highest BCUT2D eigenvalue weighted by Crippen LogP contribution is 2.17. The van der Waals surface area contributed by atoms with Crippen LogP contribution in [0.4, 0.5) is 0 Å². The van der Waals surface area contributed by atoms with Gasteiger partial charge < -0.3 is 5.11 Å². The summed E-state index contributed by atoms with van der Waals surface area (Å²) >= 11 is 0. The zero-order valence-corrected chi connectivity index (χ0v) is 14.3. The number of hydrogen-bond donors (Lipinski definition) is 1. The highest BCUT2D eigenvalue weighted by molar-refractivity contribution is 6.24. The molecule has 0 fully saturated rings. The Balaban J connectivity index is 1.80. The maximum Gasteiger partial charge on any atom is 0.281 e. The van der Waals surface area contributed by atoms with Crippen molar-refractivity contribution in [2.75, 3.05) is 0 Å². The van der Waals surface area contributed by atoms with Crippen molar-refractivity contribution in [1.82, 2.24) is 0 Å². The van der Waals surface area contributed by atoms with Crippen LogP contribution in [-0.4, -0.2) is 17.2 Å². The minimum atomic E-state index is -0.271. The number of carbonyl (C=O) groups is 1. The molecule has 1 heterocycles. The lowest BCUT2D eigenvalue weighted by Crippen LogP contribution is -2.14. The van der Waals surface area contributed by atoms with Crippen molar-refractivity contribution in [3.05, 3.63) is 11.3 Å². The summed E-state index contributed by atoms with van der Waals surface area (Å²) in [5, 5.41) is 9.68. The van der Waals surface area contributed by atoms with Crippen LogP contribution >= 0.6 is 0 Å². The van der Waals surface area contributed by atoms with Crippen LogP contribution in [-0.2, 0) is 4.79 Å². The zero-order valence-electron chi connectivity index (χ0n) is 14.3. The lowest BCUT2D eigenvalue weighted by molar-refractivity contribution is -0.114. The number of aliphatic hydroxyl groups excluding tert-OH is 1. The van der Waals surface area contributed by atoms with Gasteiger partial charge in [0.2, 0.25) is 0 Å². The molecule has 1 rings (SSSR count). The minimum absolute atomic E-state index is 0.225. The van der Waals surface area contributed by atoms with E-state index >= 15 is 0 Å². The number of aliphatic hydroxyl groups is 1. The van der Waals surface area contributed by atoms with Gasteiger partial charge >= 0.3 is 0 Å². The summed E-state index contributed by atoms with van der Waals surface area (Å²) in [5.74, 6) is -0.0460. The van der Waals surface area contributed by atoms with Crippen molar-refractivity contribution in [3.8, 4) is 0 Å². The van der Waals surface area contributed by atoms with Gasteiger partial charge in [0, 0.05) is 12.6 Å². The molecule has 0 radical (unpaired) electrons. The SMILES string of the molecule is CCCCCCCCCCCCCCCC(O)=C1C=NC1=O. The van der Waals surface area contributed by atoms with E-state index in [0.29, 0.717) is 12.0 Å². The van der Waals surface area contributed by atoms with E-state index in [1.165, 1.54) is 76.8 Å². The molecule has 1 amide bonds. The maximum atomic E-state index is 11.0. The van der Waals surface area contributed by atoms with Crippen LogP contribution in [0.3, 0.4) is 0 Å². The van der Waals surface area contributed by atoms with E-state index in [9.17, 15) is 9.90 Å². The van der Waals surface area contributed by atoms with Gasteiger partial charge in [-0.3, -0.25) is 4.79 Å². The Morgan fingerprint density at radius 2 is 1.32 bits per heavy atom. The summed E-state index contributed by atoms with van der Waals surface area (Å²) in [7, 11) is 0. The summed E-state index contributed by atoms with van der Waals surface area (Å²) in [5.41, 5.74) is 0.416. The van der Waals surface area contributed by atoms with Gasteiger partial charge in [-0.15, -0.1) is 0 Å². The second-order valence-electron chi connectivity index (χ2n) is 6.42. The van der Waals surface area contributed by atoms with E-state index < -0.39 is 0 Å². The molecule has 0 aromatic heterocycles. The number of nitrogens with zero attached hydrogens (tertiary/aromatic N) is 1. The molecule has 1 aliphatic rings. The Morgan fingerprint density at radius 1 is 0.864 bits per heavy atom. The van der Waals surface area contributed by atoms with Gasteiger partial charge in [-0.25, -0.2) is 4.99 Å². The maximum absolute atomic E-state index is 11.0. The third kappa shape index (κ3) is 8.35. The van der Waals surface area contributed by atoms with E-state index in [1.54, 1.807) is 0 Å². The van der Waals surface area contributed by atoms with E-state index in [-0.39, 0.29) is 11.7 Å². The first-order valence-electron chi connectivity index (χ1n) is 9.26. The largest absolute Gasteiger partial charge is 0.511 e. The molecule has 0 atom stereocenters. The molecule has 0 aromatic rings. The van der Waals surface area contributed by atoms with Crippen molar-refractivity contribution in [1.29, 1.82) is 0 Å². The van der Waals surface area contributed by atoms with Crippen LogP contribution < -0.4 is 0 Å². The standard InChI is InChI=1S/C19H33NO2/c1-2-3-4-5-6-7-8-9-10-11-12-13-14-15-18(21)17-16-20-19(17)22/h16,21H,2-15H2,1H3. The summed E-state index contributed by atoms with van der Waals surface area (Å²) < 4.78 is 0. The molecule has 0 spiro atoms. The highest BCUT2D eigenvalue weighted by atomic mass is 16.3. The molecule has 22 heavy (non-hydrogen) atoms. The molecule has 0 bridgehead atoms. The zero-order chi connectivity index (χ0) is 16.0. The number of allylic oxidation sites excluding steroid dienone is 1. The number of unbranched alkanes of at least 4 members (excludes halogenated alkanes) is 12. The van der Waals surface area contributed by atoms with Crippen LogP contribution in [0.2, 0.25) is 0 Å². The van der Waals surface area contributed by atoms with Crippen LogP contribution in [0.5, 0.6) is 0 Å². The van der Waals surface area contributed by atoms with E-state index in [2.05, 4.69) is 11.9 Å². The van der Waals surface area contributed by atoms with Gasteiger partial charge in [0.25, 0.3) is 5.91 Å². The quantitative estimate of drug-likeness (QED) is 0.247. The Kier molecular flexibility index (Phi) is 10.7. The smallest absolute Gasteiger partial charge is 0.281 e. The number of carbonyl (C=O) groups excluding carboxylic acids is 1. The Hall–Kier alpha value is -1.12. The average molecular weight is 307 g/mol. The molecular formula is C19H33NO2. The van der Waals surface area contributed by atoms with E-state index in [4.69, 9.17) is 0 Å². The van der Waals surface area contributed by atoms with Crippen LogP contribution in [0.25, 0.3) is 0 Å². The molecule has 1 N–H and O–H groups in total. The molecule has 0 aromatic carbocycles. The molecule has 0 unspecified atom stereocenters. The molecule has 0 aliphatic carbocycles. The van der Waals surface area contributed by atoms with Crippen molar-refractivity contribution in [3.63, 3.8) is 0 Å². The summed E-state index contributed by atoms with van der Waals surface area (Å²) in [6, 6.07) is 0. The molecule has 3 heteroatoms. The number of rotatable bonds is 14. The lowest BCUT2D eigenvalue weighted by atomic mass is 10.0. The Labute approximate surface area is 135 Å². The highest BCUT2D eigenvalue weighted by Gasteiger charge is 2.18. The minimum Gasteiger partial charge on any atom is -0.511 e. The molecular weight excluding hydrogens is 274 g/mol. The van der Waals surface area contributed by atoms with Crippen LogP contribution in [0.15, 0.2) is 16.3 Å². The molecule has 0 saturated carbocycles. The molecule has 1 aliphatic heterocycles. The second kappa shape index (κ2) is 12.4. The average Bonchev–Trinajstić information content (AvgIpc) is 2.50. The molecule has 3 nitrogen and oxygen atoms in total. The Morgan fingerprint density at radius 3 is 1.68 bits per heavy atom. The predicted molar refractivity (Wildman–Crippen MR) is 93.5 cm³/mol. The second-order valence-corrected chi connectivity index (χ2v) is 6.42. The third-order valence-electron chi connectivity index (χ3n) is 4.37. The van der Waals surface area contributed by atoms with Crippen molar-refractivity contribution in [2.24, 2.45) is 4.99 Å². The first kappa shape index (κ1) is 18.9. The van der Waals surface area contributed by atoms with Crippen molar-refractivity contribution in [2.45, 2.75) is 96.8 Å². The normalized spacial score (nSPS) is 16.0. The van der Waals surface area contributed by atoms with Gasteiger partial charge in [-0.05, 0) is 6.42 Å². The number of aliphatic imine (C=N–C) groups is 1. The predicted octanol–water partition coefficient (Wildman–Crippen LogP) is 5.89. The van der Waals surface area contributed by atoms with Gasteiger partial charge in [0.05, 0.1) is 5.57 Å². The van der Waals surface area contributed by atoms with Crippen LogP contribution in [0.1, 0.15) is 96.8 Å². The van der Waals surface area contributed by atoms with E-state index in [0.717, 1.165) is 12.8 Å². The Bertz CT molecular complexity index is 372. The number of amides is 1.